The molecule has 0 radical (unpaired) electrons. The normalized spacial score (nSPS) is 48.1. The molecule has 1 aromatic heterocycles. The summed E-state index contributed by atoms with van der Waals surface area (Å²) in [6.07, 6.45) is 8.68. The molecule has 0 aliphatic heterocycles. The van der Waals surface area contributed by atoms with E-state index in [2.05, 4.69) is 18.8 Å². The maximum absolute atomic E-state index is 13.5. The van der Waals surface area contributed by atoms with Crippen molar-refractivity contribution in [2.24, 2.45) is 40.4 Å². The lowest BCUT2D eigenvalue weighted by Gasteiger charge is -2.62. The van der Waals surface area contributed by atoms with Crippen LogP contribution in [0.15, 0.2) is 18.6 Å². The van der Waals surface area contributed by atoms with Gasteiger partial charge in [-0.05, 0) is 92.3 Å². The van der Waals surface area contributed by atoms with Crippen molar-refractivity contribution in [1.29, 1.82) is 0 Å². The van der Waals surface area contributed by atoms with E-state index in [9.17, 15) is 9.90 Å². The first-order valence-corrected chi connectivity index (χ1v) is 12.3. The zero-order chi connectivity index (χ0) is 24.5. The van der Waals surface area contributed by atoms with Crippen molar-refractivity contribution < 1.29 is 18.8 Å². The van der Waals surface area contributed by atoms with Gasteiger partial charge < -0.3 is 14.4 Å². The van der Waals surface area contributed by atoms with Crippen LogP contribution in [0.4, 0.5) is 0 Å². The summed E-state index contributed by atoms with van der Waals surface area (Å²) in [5.74, 6) is 2.43. The van der Waals surface area contributed by atoms with Crippen LogP contribution < -0.4 is 0 Å². The summed E-state index contributed by atoms with van der Waals surface area (Å²) in [6.45, 7) is 5.21. The van der Waals surface area contributed by atoms with Crippen molar-refractivity contribution in [3.8, 4) is 0 Å². The number of ether oxygens (including phenoxy) is 1. The minimum Gasteiger partial charge on any atom is -0.387 e. The van der Waals surface area contributed by atoms with Gasteiger partial charge in [-0.2, -0.15) is 0 Å². The number of hydrogen-bond acceptors (Lipinski definition) is 4. The molecule has 31 heavy (non-hydrogen) atoms. The van der Waals surface area contributed by atoms with Crippen molar-refractivity contribution in [3.05, 3.63) is 18.6 Å². The first-order chi connectivity index (χ1) is 16.0. The Balaban J connectivity index is 1.33. The third-order valence-electron chi connectivity index (χ3n) is 10.3. The molecule has 4 saturated carbocycles. The van der Waals surface area contributed by atoms with E-state index in [1.165, 1.54) is 11.0 Å². The molecule has 4 aliphatic rings. The molecule has 172 valence electrons. The molecule has 5 heteroatoms. The Kier molecular flexibility index (Phi) is 4.53. The standard InChI is InChI=1S/C26H40N2O3/c1-24-10-11-26(30,16-31-3)14-18(24)4-5-19-20-6-7-22(25(20,2)9-8-21(19)24)23(29)15-28-13-12-27-17-28/h12-13,17-22,30H,4-11,14-16H2,1-3H3/t18-,19-,20-,21-,22+,24-,25-,26+/m0/s1/i12D,13D,17D. The number of Topliss-reactive ketones (excluding diaryl/α,β-unsaturated/α-hetero) is 1. The van der Waals surface area contributed by atoms with Gasteiger partial charge in [0.05, 0.1) is 27.8 Å². The summed E-state index contributed by atoms with van der Waals surface area (Å²) in [6, 6.07) is 0. The SMILES string of the molecule is [2H]c1nc([2H])n(CC(=O)[C@H]2CC[C@H]3[C@@H]4CC[C@H]5C[C@@](O)(COC)CC[C@]5(C)[C@H]4CC[C@]23C)c1[2H]. The quantitative estimate of drug-likeness (QED) is 0.746. The third-order valence-corrected chi connectivity index (χ3v) is 10.3. The second kappa shape index (κ2) is 7.69. The average molecular weight is 432 g/mol. The van der Waals surface area contributed by atoms with Gasteiger partial charge >= 0.3 is 0 Å². The van der Waals surface area contributed by atoms with Gasteiger partial charge in [-0.3, -0.25) is 4.79 Å². The molecule has 0 spiro atoms. The summed E-state index contributed by atoms with van der Waals surface area (Å²) in [5.41, 5.74) is -0.449. The first kappa shape index (κ1) is 18.3. The van der Waals surface area contributed by atoms with E-state index in [1.54, 1.807) is 7.11 Å². The van der Waals surface area contributed by atoms with Gasteiger partial charge in [-0.15, -0.1) is 0 Å². The van der Waals surface area contributed by atoms with Gasteiger partial charge in [-0.1, -0.05) is 13.8 Å². The molecule has 4 fully saturated rings. The lowest BCUT2D eigenvalue weighted by molar-refractivity contribution is -0.164. The summed E-state index contributed by atoms with van der Waals surface area (Å²) in [5, 5.41) is 11.1. The minimum atomic E-state index is -0.681. The Morgan fingerprint density at radius 3 is 2.71 bits per heavy atom. The second-order valence-corrected chi connectivity index (χ2v) is 11.7. The zero-order valence-electron chi connectivity index (χ0n) is 22.3. The highest BCUT2D eigenvalue weighted by Gasteiger charge is 2.62. The topological polar surface area (TPSA) is 64.4 Å². The molecule has 5 nitrogen and oxygen atoms in total. The van der Waals surface area contributed by atoms with E-state index in [0.29, 0.717) is 30.3 Å². The first-order valence-electron chi connectivity index (χ1n) is 13.8. The minimum absolute atomic E-state index is 0.0114. The molecule has 1 heterocycles. The Morgan fingerprint density at radius 1 is 1.16 bits per heavy atom. The van der Waals surface area contributed by atoms with Gasteiger partial charge in [0.2, 0.25) is 0 Å². The molecular weight excluding hydrogens is 388 g/mol. The lowest BCUT2D eigenvalue weighted by atomic mass is 9.44. The average Bonchev–Trinajstić information content (AvgIpc) is 3.25. The van der Waals surface area contributed by atoms with Crippen LogP contribution in [-0.2, 0) is 16.1 Å². The Hall–Kier alpha value is -1.20. The van der Waals surface area contributed by atoms with Crippen LogP contribution in [-0.4, -0.2) is 39.8 Å². The second-order valence-electron chi connectivity index (χ2n) is 11.7. The Bertz CT molecular complexity index is 969. The van der Waals surface area contributed by atoms with Crippen LogP contribution in [0, 0.1) is 40.4 Å². The molecule has 8 atom stereocenters. The maximum atomic E-state index is 13.5. The van der Waals surface area contributed by atoms with Crippen molar-refractivity contribution in [1.82, 2.24) is 9.55 Å². The van der Waals surface area contributed by atoms with E-state index in [0.717, 1.165) is 51.4 Å². The number of methoxy groups -OCH3 is 1. The molecule has 4 aliphatic carbocycles. The fourth-order valence-electron chi connectivity index (χ4n) is 8.79. The predicted molar refractivity (Wildman–Crippen MR) is 119 cm³/mol. The van der Waals surface area contributed by atoms with Gasteiger partial charge in [0.25, 0.3) is 0 Å². The molecule has 0 amide bonds. The van der Waals surface area contributed by atoms with Crippen LogP contribution in [0.25, 0.3) is 0 Å². The Morgan fingerprint density at radius 2 is 1.97 bits per heavy atom. The number of ketones is 1. The number of aliphatic hydroxyl groups is 1. The monoisotopic (exact) mass is 431 g/mol. The molecule has 1 N–H and O–H groups in total. The van der Waals surface area contributed by atoms with E-state index in [4.69, 9.17) is 8.85 Å². The third kappa shape index (κ3) is 3.42. The molecular formula is C26H40N2O3. The molecule has 0 unspecified atom stereocenters. The number of carbonyl (C=O) groups excluding carboxylic acids is 1. The fourth-order valence-corrected chi connectivity index (χ4v) is 8.79. The van der Waals surface area contributed by atoms with E-state index in [-0.39, 0.29) is 47.7 Å². The van der Waals surface area contributed by atoms with Gasteiger partial charge in [-0.25, -0.2) is 4.98 Å². The number of rotatable bonds is 5. The highest BCUT2D eigenvalue weighted by atomic mass is 16.5. The number of aromatic nitrogens is 2. The van der Waals surface area contributed by atoms with Gasteiger partial charge in [0.1, 0.15) is 1.37 Å². The van der Waals surface area contributed by atoms with E-state index in [1.807, 2.05) is 0 Å². The molecule has 5 rings (SSSR count). The van der Waals surface area contributed by atoms with E-state index < -0.39 is 5.60 Å². The number of nitrogens with zero attached hydrogens (tertiary/aromatic N) is 2. The predicted octanol–water partition coefficient (Wildman–Crippen LogP) is 4.49. The molecule has 0 bridgehead atoms. The maximum Gasteiger partial charge on any atom is 0.156 e. The van der Waals surface area contributed by atoms with Crippen LogP contribution >= 0.6 is 0 Å². The smallest absolute Gasteiger partial charge is 0.156 e. The zero-order valence-corrected chi connectivity index (χ0v) is 19.3. The summed E-state index contributed by atoms with van der Waals surface area (Å²) in [4.78, 5) is 17.2. The molecule has 0 saturated heterocycles. The highest BCUT2D eigenvalue weighted by molar-refractivity contribution is 5.82. The van der Waals surface area contributed by atoms with Crippen LogP contribution in [0.2, 0.25) is 0 Å². The number of fused-ring (bicyclic) bond motifs is 5. The summed E-state index contributed by atoms with van der Waals surface area (Å²) >= 11 is 0. The van der Waals surface area contributed by atoms with E-state index >= 15 is 0 Å². The molecule has 1 aromatic rings. The molecule has 0 aromatic carbocycles. The van der Waals surface area contributed by atoms with Gasteiger partial charge in [0, 0.05) is 25.4 Å². The van der Waals surface area contributed by atoms with Crippen molar-refractivity contribution in [3.63, 3.8) is 0 Å². The summed E-state index contributed by atoms with van der Waals surface area (Å²) in [7, 11) is 1.68. The largest absolute Gasteiger partial charge is 0.387 e. The number of hydrogen-bond donors (Lipinski definition) is 1. The number of imidazole rings is 1. The highest BCUT2D eigenvalue weighted by Crippen LogP contribution is 2.68. The van der Waals surface area contributed by atoms with Crippen molar-refractivity contribution in [2.75, 3.05) is 13.7 Å². The van der Waals surface area contributed by atoms with Crippen molar-refractivity contribution in [2.45, 2.75) is 83.8 Å². The van der Waals surface area contributed by atoms with Gasteiger partial charge in [0.15, 0.2) is 5.78 Å². The van der Waals surface area contributed by atoms with Crippen LogP contribution in [0.1, 0.15) is 75.7 Å². The summed E-state index contributed by atoms with van der Waals surface area (Å²) < 4.78 is 30.3. The lowest BCUT2D eigenvalue weighted by Crippen LogP contribution is -2.56. The van der Waals surface area contributed by atoms with Crippen LogP contribution in [0.5, 0.6) is 0 Å². The Labute approximate surface area is 191 Å². The number of carbonyl (C=O) groups is 1. The van der Waals surface area contributed by atoms with Crippen molar-refractivity contribution >= 4 is 5.78 Å². The fraction of sp³-hybridized carbons (Fsp3) is 0.846. The van der Waals surface area contributed by atoms with Crippen LogP contribution in [0.3, 0.4) is 0 Å².